The lowest BCUT2D eigenvalue weighted by molar-refractivity contribution is -0.142. The Morgan fingerprint density at radius 1 is 1.09 bits per heavy atom. The summed E-state index contributed by atoms with van der Waals surface area (Å²) in [4.78, 5) is 29.8. The van der Waals surface area contributed by atoms with E-state index in [4.69, 9.17) is 4.74 Å². The fourth-order valence-electron chi connectivity index (χ4n) is 3.66. The Hall–Kier alpha value is -3.20. The zero-order chi connectivity index (χ0) is 20.9. The van der Waals surface area contributed by atoms with E-state index in [-0.39, 0.29) is 30.3 Å². The van der Waals surface area contributed by atoms with Gasteiger partial charge in [0.25, 0.3) is 0 Å². The molecule has 4 N–H and O–H groups in total. The standard InChI is InChI=1S/C23H23N3O4.ClH.H2O/c27-22(14-26-13-3-6-21(26)23(28)29)25-17-9-11-19(12-10-17)30-15-18-8-7-16-4-1-2-5-20(16)24-18;;/h1-2,4-5,7-12,21H,3,6,13-15H2,(H,25,27)(H,28,29);1H;1H2/t21-;;/m1../s1. The summed E-state index contributed by atoms with van der Waals surface area (Å²) in [7, 11) is 0. The van der Waals surface area contributed by atoms with Crippen LogP contribution in [-0.4, -0.2) is 51.5 Å². The van der Waals surface area contributed by atoms with Crippen molar-refractivity contribution >= 4 is 40.9 Å². The molecule has 1 aliphatic heterocycles. The van der Waals surface area contributed by atoms with E-state index in [1.807, 2.05) is 36.4 Å². The van der Waals surface area contributed by atoms with Gasteiger partial charge in [-0.3, -0.25) is 14.5 Å². The van der Waals surface area contributed by atoms with Crippen molar-refractivity contribution in [3.63, 3.8) is 0 Å². The minimum absolute atomic E-state index is 0. The number of fused-ring (bicyclic) bond motifs is 1. The number of nitrogens with one attached hydrogen (secondary N) is 1. The van der Waals surface area contributed by atoms with Gasteiger partial charge in [0.1, 0.15) is 18.4 Å². The number of amides is 1. The van der Waals surface area contributed by atoms with E-state index >= 15 is 0 Å². The van der Waals surface area contributed by atoms with E-state index < -0.39 is 12.0 Å². The first-order valence-electron chi connectivity index (χ1n) is 9.93. The summed E-state index contributed by atoms with van der Waals surface area (Å²) in [6.07, 6.45) is 1.38. The van der Waals surface area contributed by atoms with Crippen molar-refractivity contribution in [1.29, 1.82) is 0 Å². The summed E-state index contributed by atoms with van der Waals surface area (Å²) >= 11 is 0. The molecule has 32 heavy (non-hydrogen) atoms. The van der Waals surface area contributed by atoms with E-state index in [1.165, 1.54) is 0 Å². The monoisotopic (exact) mass is 459 g/mol. The lowest BCUT2D eigenvalue weighted by Crippen LogP contribution is -2.40. The molecule has 0 radical (unpaired) electrons. The molecule has 2 aromatic carbocycles. The summed E-state index contributed by atoms with van der Waals surface area (Å²) < 4.78 is 5.80. The molecule has 1 atom stereocenters. The number of benzene rings is 2. The minimum atomic E-state index is -0.872. The number of anilines is 1. The molecule has 1 saturated heterocycles. The lowest BCUT2D eigenvalue weighted by atomic mass is 10.2. The zero-order valence-corrected chi connectivity index (χ0v) is 18.2. The quantitative estimate of drug-likeness (QED) is 0.560. The number of pyridine rings is 1. The Bertz CT molecular complexity index is 1060. The second kappa shape index (κ2) is 11.4. The normalized spacial score (nSPS) is 15.4. The molecule has 0 spiro atoms. The van der Waals surface area contributed by atoms with Crippen LogP contribution in [0.2, 0.25) is 0 Å². The fourth-order valence-corrected chi connectivity index (χ4v) is 3.66. The Morgan fingerprint density at radius 3 is 2.59 bits per heavy atom. The number of hydrogen-bond donors (Lipinski definition) is 2. The van der Waals surface area contributed by atoms with Crippen LogP contribution in [0.1, 0.15) is 18.5 Å². The van der Waals surface area contributed by atoms with Crippen LogP contribution >= 0.6 is 12.4 Å². The highest BCUT2D eigenvalue weighted by Crippen LogP contribution is 2.20. The number of carboxylic acid groups (broad SMARTS) is 1. The van der Waals surface area contributed by atoms with Gasteiger partial charge >= 0.3 is 5.97 Å². The predicted molar refractivity (Wildman–Crippen MR) is 124 cm³/mol. The maximum atomic E-state index is 12.3. The van der Waals surface area contributed by atoms with Crippen molar-refractivity contribution in [3.05, 3.63) is 66.4 Å². The van der Waals surface area contributed by atoms with Crippen molar-refractivity contribution in [1.82, 2.24) is 9.88 Å². The predicted octanol–water partition coefficient (Wildman–Crippen LogP) is 2.90. The van der Waals surface area contributed by atoms with Gasteiger partial charge in [-0.2, -0.15) is 0 Å². The highest BCUT2D eigenvalue weighted by Gasteiger charge is 2.31. The molecule has 1 amide bonds. The van der Waals surface area contributed by atoms with Crippen LogP contribution in [0.25, 0.3) is 10.9 Å². The first kappa shape index (κ1) is 25.1. The van der Waals surface area contributed by atoms with Gasteiger partial charge in [0, 0.05) is 11.1 Å². The largest absolute Gasteiger partial charge is 0.487 e. The van der Waals surface area contributed by atoms with Crippen molar-refractivity contribution in [2.75, 3.05) is 18.4 Å². The van der Waals surface area contributed by atoms with E-state index in [0.29, 0.717) is 31.0 Å². The Labute approximate surface area is 191 Å². The molecule has 8 nitrogen and oxygen atoms in total. The van der Waals surface area contributed by atoms with Crippen LogP contribution in [0, 0.1) is 0 Å². The molecule has 1 fully saturated rings. The van der Waals surface area contributed by atoms with Crippen LogP contribution in [0.5, 0.6) is 5.75 Å². The smallest absolute Gasteiger partial charge is 0.320 e. The molecule has 0 saturated carbocycles. The summed E-state index contributed by atoms with van der Waals surface area (Å²) in [6.45, 7) is 1.05. The van der Waals surface area contributed by atoms with Crippen LogP contribution in [0.3, 0.4) is 0 Å². The highest BCUT2D eigenvalue weighted by molar-refractivity contribution is 5.92. The van der Waals surface area contributed by atoms with Gasteiger partial charge in [0.05, 0.1) is 17.8 Å². The first-order valence-corrected chi connectivity index (χ1v) is 9.93. The third kappa shape index (κ3) is 6.16. The van der Waals surface area contributed by atoms with Gasteiger partial charge in [0.15, 0.2) is 0 Å². The van der Waals surface area contributed by atoms with Crippen LogP contribution < -0.4 is 10.1 Å². The third-order valence-corrected chi connectivity index (χ3v) is 5.18. The highest BCUT2D eigenvalue weighted by atomic mass is 35.5. The molecular formula is C23H26ClN3O5. The Kier molecular flexibility index (Phi) is 8.95. The molecule has 2 heterocycles. The second-order valence-corrected chi connectivity index (χ2v) is 7.32. The van der Waals surface area contributed by atoms with Crippen molar-refractivity contribution in [2.24, 2.45) is 0 Å². The summed E-state index contributed by atoms with van der Waals surface area (Å²) in [5, 5.41) is 13.1. The number of para-hydroxylation sites is 1. The average molecular weight is 460 g/mol. The van der Waals surface area contributed by atoms with Crippen molar-refractivity contribution < 1.29 is 24.9 Å². The van der Waals surface area contributed by atoms with Crippen molar-refractivity contribution in [2.45, 2.75) is 25.5 Å². The molecule has 4 rings (SSSR count). The Morgan fingerprint density at radius 2 is 1.84 bits per heavy atom. The fraction of sp³-hybridized carbons (Fsp3) is 0.261. The number of aromatic nitrogens is 1. The number of hydrogen-bond acceptors (Lipinski definition) is 5. The number of carbonyl (C=O) groups is 2. The van der Waals surface area contributed by atoms with Gasteiger partial charge in [0.2, 0.25) is 5.91 Å². The van der Waals surface area contributed by atoms with Crippen LogP contribution in [0.15, 0.2) is 60.7 Å². The maximum absolute atomic E-state index is 12.3. The molecule has 1 aliphatic rings. The second-order valence-electron chi connectivity index (χ2n) is 7.32. The molecule has 3 aromatic rings. The summed E-state index contributed by atoms with van der Waals surface area (Å²) in [5.41, 5.74) is 2.41. The molecule has 0 bridgehead atoms. The van der Waals surface area contributed by atoms with E-state index in [0.717, 1.165) is 23.0 Å². The van der Waals surface area contributed by atoms with Crippen molar-refractivity contribution in [3.8, 4) is 5.75 Å². The number of carboxylic acids is 1. The van der Waals surface area contributed by atoms with Gasteiger partial charge in [-0.25, -0.2) is 4.98 Å². The van der Waals surface area contributed by atoms with Crippen LogP contribution in [-0.2, 0) is 16.2 Å². The lowest BCUT2D eigenvalue weighted by Gasteiger charge is -2.20. The van der Waals surface area contributed by atoms with Gasteiger partial charge in [-0.1, -0.05) is 24.3 Å². The van der Waals surface area contributed by atoms with Crippen LogP contribution in [0.4, 0.5) is 5.69 Å². The number of carbonyl (C=O) groups excluding carboxylic acids is 1. The number of halogens is 1. The number of ether oxygens (including phenoxy) is 1. The maximum Gasteiger partial charge on any atom is 0.320 e. The molecular weight excluding hydrogens is 434 g/mol. The SMILES string of the molecule is Cl.O.O=C(CN1CCC[C@@H]1C(=O)O)Nc1ccc(OCc2ccc3ccccc3n2)cc1. The average Bonchev–Trinajstić information content (AvgIpc) is 3.21. The topological polar surface area (TPSA) is 123 Å². The molecule has 1 aromatic heterocycles. The van der Waals surface area contributed by atoms with Gasteiger partial charge in [-0.05, 0) is 55.8 Å². The zero-order valence-electron chi connectivity index (χ0n) is 17.4. The molecule has 170 valence electrons. The van der Waals surface area contributed by atoms with Gasteiger partial charge in [-0.15, -0.1) is 12.4 Å². The number of likely N-dealkylation sites (tertiary alicyclic amines) is 1. The minimum Gasteiger partial charge on any atom is -0.487 e. The summed E-state index contributed by atoms with van der Waals surface area (Å²) in [5.74, 6) is -0.423. The van der Waals surface area contributed by atoms with E-state index in [9.17, 15) is 14.7 Å². The number of aliphatic carboxylic acids is 1. The molecule has 9 heteroatoms. The number of nitrogens with zero attached hydrogens (tertiary/aromatic N) is 2. The summed E-state index contributed by atoms with van der Waals surface area (Å²) in [6, 6.07) is 18.4. The molecule has 0 aliphatic carbocycles. The first-order chi connectivity index (χ1) is 14.6. The van der Waals surface area contributed by atoms with E-state index in [1.54, 1.807) is 29.2 Å². The Balaban J connectivity index is 0.00000181. The third-order valence-electron chi connectivity index (χ3n) is 5.18. The van der Waals surface area contributed by atoms with E-state index in [2.05, 4.69) is 10.3 Å². The number of rotatable bonds is 7. The van der Waals surface area contributed by atoms with Gasteiger partial charge < -0.3 is 20.6 Å². The molecule has 0 unspecified atom stereocenters.